The Hall–Kier alpha value is -4.17. The van der Waals surface area contributed by atoms with Gasteiger partial charge in [0, 0.05) is 37.6 Å². The van der Waals surface area contributed by atoms with Crippen LogP contribution in [0.2, 0.25) is 0 Å². The highest BCUT2D eigenvalue weighted by atomic mass is 16.4. The maximum Gasteiger partial charge on any atom is 0.335 e. The fourth-order valence-electron chi connectivity index (χ4n) is 7.37. The van der Waals surface area contributed by atoms with Crippen molar-refractivity contribution in [3.8, 4) is 0 Å². The summed E-state index contributed by atoms with van der Waals surface area (Å²) < 4.78 is 0. The largest absolute Gasteiger partial charge is 0.478 e. The van der Waals surface area contributed by atoms with Crippen molar-refractivity contribution in [2.75, 3.05) is 42.6 Å². The van der Waals surface area contributed by atoms with Crippen molar-refractivity contribution in [2.24, 2.45) is 0 Å². The highest BCUT2D eigenvalue weighted by molar-refractivity contribution is 6.10. The van der Waals surface area contributed by atoms with E-state index in [0.29, 0.717) is 13.2 Å². The van der Waals surface area contributed by atoms with Gasteiger partial charge in [0.15, 0.2) is 0 Å². The van der Waals surface area contributed by atoms with E-state index in [0.717, 1.165) is 75.2 Å². The second-order valence-electron chi connectivity index (χ2n) is 12.2. The predicted octanol–water partition coefficient (Wildman–Crippen LogP) is 4.49. The molecular weight excluding hydrogens is 528 g/mol. The number of carboxylic acid groups (broad SMARTS) is 1. The van der Waals surface area contributed by atoms with Crippen molar-refractivity contribution >= 4 is 29.2 Å². The van der Waals surface area contributed by atoms with Crippen LogP contribution in [0.3, 0.4) is 0 Å². The lowest BCUT2D eigenvalue weighted by Crippen LogP contribution is -2.56. The third kappa shape index (κ3) is 4.36. The molecule has 3 fully saturated rings. The summed E-state index contributed by atoms with van der Waals surface area (Å²) in [5.41, 5.74) is 3.49. The number of aromatic carboxylic acids is 1. The van der Waals surface area contributed by atoms with E-state index in [2.05, 4.69) is 34.1 Å². The van der Waals surface area contributed by atoms with Crippen molar-refractivity contribution < 1.29 is 19.5 Å². The zero-order valence-electron chi connectivity index (χ0n) is 23.7. The molecule has 8 heteroatoms. The Morgan fingerprint density at radius 3 is 2.29 bits per heavy atom. The smallest absolute Gasteiger partial charge is 0.335 e. The lowest BCUT2D eigenvalue weighted by molar-refractivity contribution is -0.134. The highest BCUT2D eigenvalue weighted by Crippen LogP contribution is 2.57. The molecule has 3 aromatic rings. The van der Waals surface area contributed by atoms with Crippen LogP contribution in [0.25, 0.3) is 0 Å². The van der Waals surface area contributed by atoms with Gasteiger partial charge in [0.1, 0.15) is 5.54 Å². The number of carboxylic acids is 1. The molecule has 0 unspecified atom stereocenters. The lowest BCUT2D eigenvalue weighted by atomic mass is 9.85. The van der Waals surface area contributed by atoms with Crippen molar-refractivity contribution in [1.82, 2.24) is 9.80 Å². The van der Waals surface area contributed by atoms with Gasteiger partial charge in [0.25, 0.3) is 0 Å². The van der Waals surface area contributed by atoms with Gasteiger partial charge < -0.3 is 24.7 Å². The Balaban J connectivity index is 1.03. The summed E-state index contributed by atoms with van der Waals surface area (Å²) in [6.07, 6.45) is 4.26. The number of fused-ring (bicyclic) bond motifs is 2. The van der Waals surface area contributed by atoms with E-state index >= 15 is 0 Å². The Bertz CT molecular complexity index is 1530. The van der Waals surface area contributed by atoms with Crippen molar-refractivity contribution in [1.29, 1.82) is 0 Å². The first-order chi connectivity index (χ1) is 20.4. The van der Waals surface area contributed by atoms with Gasteiger partial charge in [-0.1, -0.05) is 48.5 Å². The molecule has 1 saturated carbocycles. The lowest BCUT2D eigenvalue weighted by Gasteiger charge is -2.43. The first-order valence-electron chi connectivity index (χ1n) is 15.0. The molecule has 3 aromatic carbocycles. The van der Waals surface area contributed by atoms with Crippen LogP contribution in [0.5, 0.6) is 0 Å². The number of hydrogen-bond donors (Lipinski definition) is 1. The van der Waals surface area contributed by atoms with Crippen LogP contribution in [-0.2, 0) is 21.5 Å². The van der Waals surface area contributed by atoms with Crippen molar-refractivity contribution in [2.45, 2.75) is 49.6 Å². The van der Waals surface area contributed by atoms with Crippen LogP contribution in [0, 0.1) is 0 Å². The van der Waals surface area contributed by atoms with Gasteiger partial charge in [-0.05, 0) is 80.1 Å². The van der Waals surface area contributed by atoms with E-state index in [1.54, 1.807) is 18.2 Å². The molecule has 0 atom stereocenters. The van der Waals surface area contributed by atoms with Crippen LogP contribution in [-0.4, -0.2) is 71.1 Å². The van der Waals surface area contributed by atoms with Gasteiger partial charge in [-0.2, -0.15) is 0 Å². The average molecular weight is 565 g/mol. The van der Waals surface area contributed by atoms with Crippen LogP contribution in [0.15, 0.2) is 78.9 Å². The fourth-order valence-corrected chi connectivity index (χ4v) is 7.37. The van der Waals surface area contributed by atoms with E-state index in [1.807, 2.05) is 46.2 Å². The number of amides is 2. The molecule has 2 spiro atoms. The Morgan fingerprint density at radius 2 is 1.55 bits per heavy atom. The number of nitrogens with zero attached hydrogens (tertiary/aromatic N) is 4. The molecule has 0 radical (unpaired) electrons. The van der Waals surface area contributed by atoms with E-state index in [4.69, 9.17) is 0 Å². The third-order valence-corrected chi connectivity index (χ3v) is 9.78. The van der Waals surface area contributed by atoms with Gasteiger partial charge in [-0.15, -0.1) is 0 Å². The Labute approximate surface area is 246 Å². The molecule has 2 amide bonds. The minimum Gasteiger partial charge on any atom is -0.478 e. The molecular formula is C34H36N4O4. The number of carbonyl (C=O) groups is 3. The molecule has 2 saturated heterocycles. The van der Waals surface area contributed by atoms with Gasteiger partial charge in [0.05, 0.1) is 17.6 Å². The number of hydrogen-bond acceptors (Lipinski definition) is 5. The molecule has 8 nitrogen and oxygen atoms in total. The Morgan fingerprint density at radius 1 is 0.810 bits per heavy atom. The van der Waals surface area contributed by atoms with Gasteiger partial charge >= 0.3 is 5.97 Å². The normalized spacial score (nSPS) is 20.5. The summed E-state index contributed by atoms with van der Waals surface area (Å²) >= 11 is 0. The van der Waals surface area contributed by atoms with Crippen molar-refractivity contribution in [3.05, 3.63) is 95.6 Å². The molecule has 7 rings (SSSR count). The number of piperidine rings is 1. The summed E-state index contributed by atoms with van der Waals surface area (Å²) in [7, 11) is 0. The summed E-state index contributed by atoms with van der Waals surface area (Å²) in [6.45, 7) is 4.08. The van der Waals surface area contributed by atoms with E-state index in [1.165, 1.54) is 5.56 Å². The molecule has 1 N–H and O–H groups in total. The van der Waals surface area contributed by atoms with Crippen molar-refractivity contribution in [3.63, 3.8) is 0 Å². The minimum absolute atomic E-state index is 0.112. The van der Waals surface area contributed by atoms with Gasteiger partial charge in [-0.3, -0.25) is 9.59 Å². The zero-order valence-corrected chi connectivity index (χ0v) is 23.7. The average Bonchev–Trinajstić information content (AvgIpc) is 3.75. The number of benzene rings is 3. The van der Waals surface area contributed by atoms with E-state index in [9.17, 15) is 19.5 Å². The topological polar surface area (TPSA) is 84.4 Å². The molecule has 4 aliphatic rings. The van der Waals surface area contributed by atoms with Crippen LogP contribution in [0.4, 0.5) is 11.4 Å². The molecule has 42 heavy (non-hydrogen) atoms. The van der Waals surface area contributed by atoms with Crippen LogP contribution >= 0.6 is 0 Å². The zero-order chi connectivity index (χ0) is 28.9. The fraction of sp³-hybridized carbons (Fsp3) is 0.382. The van der Waals surface area contributed by atoms with Gasteiger partial charge in [0.2, 0.25) is 11.8 Å². The summed E-state index contributed by atoms with van der Waals surface area (Å²) in [5.74, 6) is -0.587. The quantitative estimate of drug-likeness (QED) is 0.434. The molecule has 3 aliphatic heterocycles. The second-order valence-corrected chi connectivity index (χ2v) is 12.2. The number of rotatable bonds is 8. The molecule has 216 valence electrons. The van der Waals surface area contributed by atoms with E-state index in [-0.39, 0.29) is 22.8 Å². The second kappa shape index (κ2) is 10.3. The molecule has 1 aliphatic carbocycles. The van der Waals surface area contributed by atoms with Crippen LogP contribution in [0.1, 0.15) is 53.6 Å². The first kappa shape index (κ1) is 26.7. The summed E-state index contributed by atoms with van der Waals surface area (Å²) in [6, 6.07) is 25.2. The highest BCUT2D eigenvalue weighted by Gasteiger charge is 2.59. The molecule has 0 aromatic heterocycles. The standard InChI is InChI=1S/C34H36N4O4/c39-30(40)26-9-6-8-25(22-26)23-36-24-38(27-10-2-1-3-11-27)34(32(36)42)16-20-35(21-17-34)18-7-19-37-29-13-5-4-12-28(29)33(14-15-33)31(37)41/h1-6,8-13,22H,7,14-21,23-24H2,(H,39,40). The molecule has 3 heterocycles. The number of carbonyl (C=O) groups excluding carboxylic acids is 2. The Kier molecular flexibility index (Phi) is 6.54. The van der Waals surface area contributed by atoms with E-state index < -0.39 is 11.5 Å². The SMILES string of the molecule is O=C(O)c1cccc(CN2CN(c3ccccc3)C3(CCN(CCCN4C(=O)C5(CC5)c5ccccc54)CC3)C2=O)c1. The third-order valence-electron chi connectivity index (χ3n) is 9.78. The monoisotopic (exact) mass is 564 g/mol. The first-order valence-corrected chi connectivity index (χ1v) is 15.0. The summed E-state index contributed by atoms with van der Waals surface area (Å²) in [4.78, 5) is 47.4. The summed E-state index contributed by atoms with van der Waals surface area (Å²) in [5, 5.41) is 9.43. The number of anilines is 2. The predicted molar refractivity (Wildman–Crippen MR) is 160 cm³/mol. The minimum atomic E-state index is -0.968. The van der Waals surface area contributed by atoms with Gasteiger partial charge in [-0.25, -0.2) is 4.79 Å². The maximum atomic E-state index is 14.1. The molecule has 0 bridgehead atoms. The van der Waals surface area contributed by atoms with Crippen LogP contribution < -0.4 is 9.80 Å². The number of para-hydroxylation sites is 2. The maximum absolute atomic E-state index is 14.1. The number of likely N-dealkylation sites (tertiary alicyclic amines) is 1.